The van der Waals surface area contributed by atoms with Gasteiger partial charge < -0.3 is 15.0 Å². The van der Waals surface area contributed by atoms with Gasteiger partial charge in [0.15, 0.2) is 0 Å². The fraction of sp³-hybridized carbons (Fsp3) is 0.250. The van der Waals surface area contributed by atoms with Gasteiger partial charge in [-0.1, -0.05) is 6.07 Å². The topological polar surface area (TPSA) is 54.3 Å². The second-order valence-electron chi connectivity index (χ2n) is 4.15. The van der Waals surface area contributed by atoms with Gasteiger partial charge in [-0.05, 0) is 40.8 Å². The van der Waals surface area contributed by atoms with E-state index in [2.05, 4.69) is 5.32 Å². The van der Waals surface area contributed by atoms with Crippen molar-refractivity contribution in [1.82, 2.24) is 4.57 Å². The highest BCUT2D eigenvalue weighted by atomic mass is 127. The van der Waals surface area contributed by atoms with Gasteiger partial charge in [0, 0.05) is 11.1 Å². The van der Waals surface area contributed by atoms with Crippen molar-refractivity contribution < 1.29 is 23.1 Å². The van der Waals surface area contributed by atoms with Crippen LogP contribution in [0.3, 0.4) is 0 Å². The Morgan fingerprint density at radius 2 is 2.10 bits per heavy atom. The molecule has 0 spiro atoms. The number of carboxylic acids is 1. The second-order valence-corrected chi connectivity index (χ2v) is 5.26. The summed E-state index contributed by atoms with van der Waals surface area (Å²) in [5, 5.41) is 11.9. The molecule has 0 saturated carbocycles. The lowest BCUT2D eigenvalue weighted by atomic mass is 10.2. The molecule has 8 heteroatoms. The molecule has 0 atom stereocenters. The Balaban J connectivity index is 2.44. The average molecular weight is 398 g/mol. The van der Waals surface area contributed by atoms with E-state index >= 15 is 0 Å². The molecular weight excluding hydrogens is 388 g/mol. The molecule has 0 amide bonds. The third kappa shape index (κ3) is 3.35. The molecule has 0 radical (unpaired) electrons. The van der Waals surface area contributed by atoms with E-state index in [4.69, 9.17) is 5.11 Å². The number of halogens is 4. The predicted molar refractivity (Wildman–Crippen MR) is 76.8 cm³/mol. The van der Waals surface area contributed by atoms with Gasteiger partial charge in [0.25, 0.3) is 0 Å². The van der Waals surface area contributed by atoms with E-state index in [1.165, 1.54) is 0 Å². The first kappa shape index (κ1) is 14.9. The number of hydrogen-bond acceptors (Lipinski definition) is 2. The van der Waals surface area contributed by atoms with Crippen LogP contribution in [-0.4, -0.2) is 28.4 Å². The summed E-state index contributed by atoms with van der Waals surface area (Å²) in [6.45, 7) is -1.36. The number of nitrogens with zero attached hydrogens (tertiary/aromatic N) is 1. The zero-order chi connectivity index (χ0) is 14.9. The monoisotopic (exact) mass is 398 g/mol. The lowest BCUT2D eigenvalue weighted by molar-refractivity contribution is -0.140. The Kier molecular flexibility index (Phi) is 4.11. The molecule has 4 nitrogen and oxygen atoms in total. The fourth-order valence-corrected chi connectivity index (χ4v) is 2.66. The van der Waals surface area contributed by atoms with Crippen LogP contribution < -0.4 is 5.32 Å². The standard InChI is InChI=1S/C12H10F3IN2O2/c13-12(14,15)6-18-9-3-1-2-8(17-5-11(19)20)7(9)4-10(18)16/h1-4,17H,5-6H2,(H,19,20). The van der Waals surface area contributed by atoms with Crippen molar-refractivity contribution in [3.05, 3.63) is 28.0 Å². The van der Waals surface area contributed by atoms with Crippen LogP contribution in [0.2, 0.25) is 0 Å². The first-order valence-electron chi connectivity index (χ1n) is 5.58. The van der Waals surface area contributed by atoms with E-state index in [-0.39, 0.29) is 6.54 Å². The number of anilines is 1. The first-order valence-corrected chi connectivity index (χ1v) is 6.66. The van der Waals surface area contributed by atoms with Crippen LogP contribution in [-0.2, 0) is 11.3 Å². The SMILES string of the molecule is O=C(O)CNc1cccc2c1cc(I)n2CC(F)(F)F. The Morgan fingerprint density at radius 3 is 2.70 bits per heavy atom. The van der Waals surface area contributed by atoms with Gasteiger partial charge in [-0.3, -0.25) is 4.79 Å². The third-order valence-electron chi connectivity index (χ3n) is 2.66. The van der Waals surface area contributed by atoms with E-state index in [1.807, 2.05) is 22.6 Å². The molecule has 0 saturated heterocycles. The Bertz CT molecular complexity index is 652. The molecule has 2 rings (SSSR count). The summed E-state index contributed by atoms with van der Waals surface area (Å²) in [6, 6.07) is 6.41. The molecule has 0 unspecified atom stereocenters. The molecular formula is C12H10F3IN2O2. The zero-order valence-corrected chi connectivity index (χ0v) is 12.2. The van der Waals surface area contributed by atoms with Crippen LogP contribution in [0.5, 0.6) is 0 Å². The summed E-state index contributed by atoms with van der Waals surface area (Å²) >= 11 is 1.83. The molecule has 20 heavy (non-hydrogen) atoms. The fourth-order valence-electron chi connectivity index (χ4n) is 1.92. The van der Waals surface area contributed by atoms with E-state index < -0.39 is 18.7 Å². The van der Waals surface area contributed by atoms with Crippen LogP contribution in [0.25, 0.3) is 10.9 Å². The normalized spacial score (nSPS) is 11.8. The number of carbonyl (C=O) groups is 1. The van der Waals surface area contributed by atoms with Gasteiger partial charge in [-0.2, -0.15) is 13.2 Å². The summed E-state index contributed by atoms with van der Waals surface area (Å²) in [6.07, 6.45) is -4.31. The predicted octanol–water partition coefficient (Wildman–Crippen LogP) is 3.30. The maximum atomic E-state index is 12.6. The largest absolute Gasteiger partial charge is 0.480 e. The zero-order valence-electron chi connectivity index (χ0n) is 10.0. The van der Waals surface area contributed by atoms with Gasteiger partial charge in [-0.25, -0.2) is 0 Å². The number of alkyl halides is 3. The van der Waals surface area contributed by atoms with Crippen molar-refractivity contribution in [2.75, 3.05) is 11.9 Å². The van der Waals surface area contributed by atoms with Gasteiger partial charge >= 0.3 is 12.1 Å². The van der Waals surface area contributed by atoms with Crippen molar-refractivity contribution in [2.45, 2.75) is 12.7 Å². The van der Waals surface area contributed by atoms with Crippen molar-refractivity contribution in [3.63, 3.8) is 0 Å². The minimum absolute atomic E-state index is 0.292. The number of hydrogen-bond donors (Lipinski definition) is 2. The van der Waals surface area contributed by atoms with Crippen LogP contribution in [0.1, 0.15) is 0 Å². The van der Waals surface area contributed by atoms with Crippen molar-refractivity contribution in [2.24, 2.45) is 0 Å². The van der Waals surface area contributed by atoms with E-state index in [0.29, 0.717) is 20.3 Å². The number of nitrogens with one attached hydrogen (secondary N) is 1. The van der Waals surface area contributed by atoms with Crippen LogP contribution in [0.15, 0.2) is 24.3 Å². The molecule has 0 aliphatic heterocycles. The molecule has 0 aliphatic carbocycles. The van der Waals surface area contributed by atoms with Crippen molar-refractivity contribution in [3.8, 4) is 0 Å². The number of aliphatic carboxylic acids is 1. The highest BCUT2D eigenvalue weighted by molar-refractivity contribution is 14.1. The molecule has 0 aliphatic rings. The number of carboxylic acid groups (broad SMARTS) is 1. The maximum Gasteiger partial charge on any atom is 0.406 e. The molecule has 0 bridgehead atoms. The highest BCUT2D eigenvalue weighted by Crippen LogP contribution is 2.30. The molecule has 2 aromatic rings. The van der Waals surface area contributed by atoms with E-state index in [9.17, 15) is 18.0 Å². The Hall–Kier alpha value is -1.45. The molecule has 1 aromatic carbocycles. The Labute approximate surface area is 125 Å². The molecule has 1 aromatic heterocycles. The quantitative estimate of drug-likeness (QED) is 0.778. The molecule has 1 heterocycles. The van der Waals surface area contributed by atoms with Gasteiger partial charge in [0.05, 0.1) is 9.22 Å². The van der Waals surface area contributed by atoms with Gasteiger partial charge in [0.1, 0.15) is 13.1 Å². The number of aromatic nitrogens is 1. The lowest BCUT2D eigenvalue weighted by Gasteiger charge is -2.11. The summed E-state index contributed by atoms with van der Waals surface area (Å²) in [7, 11) is 0. The first-order chi connectivity index (χ1) is 9.28. The van der Waals surface area contributed by atoms with Crippen molar-refractivity contribution in [1.29, 1.82) is 0 Å². The van der Waals surface area contributed by atoms with Crippen LogP contribution in [0, 0.1) is 3.70 Å². The Morgan fingerprint density at radius 1 is 1.40 bits per heavy atom. The number of rotatable bonds is 4. The van der Waals surface area contributed by atoms with Crippen LogP contribution >= 0.6 is 22.6 Å². The average Bonchev–Trinajstić information content (AvgIpc) is 2.62. The lowest BCUT2D eigenvalue weighted by Crippen LogP contribution is -2.18. The van der Waals surface area contributed by atoms with E-state index in [1.54, 1.807) is 24.3 Å². The van der Waals surface area contributed by atoms with E-state index in [0.717, 1.165) is 4.57 Å². The minimum atomic E-state index is -4.31. The maximum absolute atomic E-state index is 12.6. The van der Waals surface area contributed by atoms with Gasteiger partial charge in [0.2, 0.25) is 0 Å². The molecule has 0 fully saturated rings. The number of benzene rings is 1. The molecule has 2 N–H and O–H groups in total. The second kappa shape index (κ2) is 5.51. The number of fused-ring (bicyclic) bond motifs is 1. The third-order valence-corrected chi connectivity index (χ3v) is 3.56. The summed E-state index contributed by atoms with van der Waals surface area (Å²) < 4.78 is 39.3. The molecule has 108 valence electrons. The summed E-state index contributed by atoms with van der Waals surface area (Å²) in [5.41, 5.74) is 0.922. The van der Waals surface area contributed by atoms with Gasteiger partial charge in [-0.15, -0.1) is 0 Å². The highest BCUT2D eigenvalue weighted by Gasteiger charge is 2.29. The van der Waals surface area contributed by atoms with Crippen LogP contribution in [0.4, 0.5) is 18.9 Å². The summed E-state index contributed by atoms with van der Waals surface area (Å²) in [4.78, 5) is 10.6. The van der Waals surface area contributed by atoms with Crippen molar-refractivity contribution >= 4 is 45.2 Å². The smallest absolute Gasteiger partial charge is 0.406 e. The minimum Gasteiger partial charge on any atom is -0.480 e. The summed E-state index contributed by atoms with van der Waals surface area (Å²) in [5.74, 6) is -1.04.